The molecule has 0 spiro atoms. The molecular weight excluding hydrogens is 284 g/mol. The predicted molar refractivity (Wildman–Crippen MR) is 72.9 cm³/mol. The van der Waals surface area contributed by atoms with E-state index in [1.165, 1.54) is 6.07 Å². The van der Waals surface area contributed by atoms with Gasteiger partial charge in [0.2, 0.25) is 0 Å². The Morgan fingerprint density at radius 1 is 1.35 bits per heavy atom. The number of nitrogens with zero attached hydrogens (tertiary/aromatic N) is 1. The molecule has 2 rings (SSSR count). The number of benzene rings is 1. The van der Waals surface area contributed by atoms with Crippen LogP contribution in [0.15, 0.2) is 18.2 Å². The summed E-state index contributed by atoms with van der Waals surface area (Å²) >= 11 is 1.03. The van der Waals surface area contributed by atoms with Crippen molar-refractivity contribution in [3.8, 4) is 10.6 Å². The van der Waals surface area contributed by atoms with Gasteiger partial charge in [-0.25, -0.2) is 13.8 Å². The lowest BCUT2D eigenvalue weighted by Gasteiger charge is -2.02. The van der Waals surface area contributed by atoms with E-state index in [4.69, 9.17) is 5.11 Å². The number of rotatable bonds is 4. The molecule has 1 heterocycles. The second-order valence-electron chi connectivity index (χ2n) is 4.65. The van der Waals surface area contributed by atoms with Crippen LogP contribution in [-0.2, 0) is 11.2 Å². The fourth-order valence-corrected chi connectivity index (χ4v) is 3.14. The first-order valence-corrected chi connectivity index (χ1v) is 6.87. The summed E-state index contributed by atoms with van der Waals surface area (Å²) in [6.07, 6.45) is -0.193. The summed E-state index contributed by atoms with van der Waals surface area (Å²) in [6.45, 7) is 3.73. The smallest absolute Gasteiger partial charge is 0.308 e. The van der Waals surface area contributed by atoms with Crippen LogP contribution in [0.3, 0.4) is 0 Å². The quantitative estimate of drug-likeness (QED) is 0.932. The SMILES string of the molecule is CC(C)c1nc(-c2c(F)cccc2F)sc1CC(=O)O. The minimum atomic E-state index is -0.990. The Morgan fingerprint density at radius 3 is 2.45 bits per heavy atom. The molecule has 0 amide bonds. The third-order valence-electron chi connectivity index (χ3n) is 2.76. The van der Waals surface area contributed by atoms with Crippen LogP contribution in [0.5, 0.6) is 0 Å². The minimum absolute atomic E-state index is 0.0100. The van der Waals surface area contributed by atoms with E-state index in [2.05, 4.69) is 4.98 Å². The molecule has 1 N–H and O–H groups in total. The van der Waals surface area contributed by atoms with Gasteiger partial charge in [0, 0.05) is 4.88 Å². The van der Waals surface area contributed by atoms with Crippen molar-refractivity contribution in [3.05, 3.63) is 40.4 Å². The summed E-state index contributed by atoms with van der Waals surface area (Å²) in [4.78, 5) is 15.6. The Kier molecular flexibility index (Phi) is 4.13. The summed E-state index contributed by atoms with van der Waals surface area (Å²) in [5.41, 5.74) is 0.381. The van der Waals surface area contributed by atoms with Gasteiger partial charge in [-0.3, -0.25) is 4.79 Å². The fraction of sp³-hybridized carbons (Fsp3) is 0.286. The Balaban J connectivity index is 2.56. The molecule has 6 heteroatoms. The third-order valence-corrected chi connectivity index (χ3v) is 3.85. The number of carbonyl (C=O) groups is 1. The highest BCUT2D eigenvalue weighted by Gasteiger charge is 2.21. The zero-order valence-corrected chi connectivity index (χ0v) is 11.8. The average molecular weight is 297 g/mol. The lowest BCUT2D eigenvalue weighted by molar-refractivity contribution is -0.136. The Labute approximate surface area is 118 Å². The minimum Gasteiger partial charge on any atom is -0.481 e. The molecule has 1 aromatic heterocycles. The topological polar surface area (TPSA) is 50.2 Å². The van der Waals surface area contributed by atoms with Crippen molar-refractivity contribution in [3.63, 3.8) is 0 Å². The monoisotopic (exact) mass is 297 g/mol. The van der Waals surface area contributed by atoms with Crippen LogP contribution < -0.4 is 0 Å². The summed E-state index contributed by atoms with van der Waals surface area (Å²) in [5.74, 6) is -2.40. The highest BCUT2D eigenvalue weighted by Crippen LogP contribution is 2.34. The zero-order valence-electron chi connectivity index (χ0n) is 11.0. The maximum Gasteiger partial charge on any atom is 0.308 e. The number of aromatic nitrogens is 1. The number of aliphatic carboxylic acids is 1. The Bertz CT molecular complexity index is 632. The molecule has 20 heavy (non-hydrogen) atoms. The van der Waals surface area contributed by atoms with Gasteiger partial charge in [0.1, 0.15) is 16.6 Å². The number of hydrogen-bond donors (Lipinski definition) is 1. The van der Waals surface area contributed by atoms with Crippen molar-refractivity contribution < 1.29 is 18.7 Å². The molecule has 0 saturated carbocycles. The van der Waals surface area contributed by atoms with E-state index in [0.717, 1.165) is 23.5 Å². The zero-order chi connectivity index (χ0) is 14.9. The molecule has 106 valence electrons. The van der Waals surface area contributed by atoms with E-state index in [1.807, 2.05) is 13.8 Å². The first-order chi connectivity index (χ1) is 9.40. The first-order valence-electron chi connectivity index (χ1n) is 6.06. The van der Waals surface area contributed by atoms with E-state index in [-0.39, 0.29) is 22.9 Å². The van der Waals surface area contributed by atoms with Gasteiger partial charge in [-0.15, -0.1) is 11.3 Å². The lowest BCUT2D eigenvalue weighted by Crippen LogP contribution is -2.02. The van der Waals surface area contributed by atoms with Gasteiger partial charge in [0.15, 0.2) is 0 Å². The normalized spacial score (nSPS) is 11.1. The predicted octanol–water partition coefficient (Wildman–Crippen LogP) is 3.84. The number of halogens is 2. The molecular formula is C14H13F2NO2S. The second kappa shape index (κ2) is 5.66. The maximum absolute atomic E-state index is 13.8. The van der Waals surface area contributed by atoms with Crippen LogP contribution >= 0.6 is 11.3 Å². The highest BCUT2D eigenvalue weighted by atomic mass is 32.1. The van der Waals surface area contributed by atoms with E-state index in [9.17, 15) is 13.6 Å². The van der Waals surface area contributed by atoms with E-state index in [0.29, 0.717) is 10.6 Å². The van der Waals surface area contributed by atoms with Crippen molar-refractivity contribution >= 4 is 17.3 Å². The van der Waals surface area contributed by atoms with Crippen molar-refractivity contribution in [2.75, 3.05) is 0 Å². The number of thiazole rings is 1. The summed E-state index contributed by atoms with van der Waals surface area (Å²) in [5, 5.41) is 9.07. The number of carboxylic acid groups (broad SMARTS) is 1. The molecule has 0 aliphatic carbocycles. The summed E-state index contributed by atoms with van der Waals surface area (Å²) in [6, 6.07) is 3.60. The van der Waals surface area contributed by atoms with Crippen molar-refractivity contribution in [1.29, 1.82) is 0 Å². The average Bonchev–Trinajstić information content (AvgIpc) is 2.71. The Hall–Kier alpha value is -1.82. The molecule has 0 radical (unpaired) electrons. The van der Waals surface area contributed by atoms with E-state index in [1.54, 1.807) is 0 Å². The summed E-state index contributed by atoms with van der Waals surface area (Å²) < 4.78 is 27.5. The first kappa shape index (κ1) is 14.6. The van der Waals surface area contributed by atoms with E-state index < -0.39 is 17.6 Å². The molecule has 3 nitrogen and oxygen atoms in total. The third kappa shape index (κ3) is 2.85. The van der Waals surface area contributed by atoms with Crippen molar-refractivity contribution in [2.45, 2.75) is 26.2 Å². The molecule has 0 aliphatic heterocycles. The Morgan fingerprint density at radius 2 is 1.95 bits per heavy atom. The van der Waals surface area contributed by atoms with Gasteiger partial charge in [-0.2, -0.15) is 0 Å². The van der Waals surface area contributed by atoms with Gasteiger partial charge in [0.05, 0.1) is 17.7 Å². The molecule has 0 atom stereocenters. The maximum atomic E-state index is 13.8. The standard InChI is InChI=1S/C14H13F2NO2S/c1-7(2)13-10(6-11(18)19)20-14(17-13)12-8(15)4-3-5-9(12)16/h3-5,7H,6H2,1-2H3,(H,18,19). The van der Waals surface area contributed by atoms with Crippen molar-refractivity contribution in [1.82, 2.24) is 4.98 Å². The second-order valence-corrected chi connectivity index (χ2v) is 5.73. The van der Waals surface area contributed by atoms with Gasteiger partial charge in [-0.1, -0.05) is 19.9 Å². The molecule has 0 unspecified atom stereocenters. The van der Waals surface area contributed by atoms with Crippen LogP contribution in [-0.4, -0.2) is 16.1 Å². The van der Waals surface area contributed by atoms with Crippen LogP contribution in [0.4, 0.5) is 8.78 Å². The molecule has 0 bridgehead atoms. The summed E-state index contributed by atoms with van der Waals surface area (Å²) in [7, 11) is 0. The van der Waals surface area contributed by atoms with Gasteiger partial charge < -0.3 is 5.11 Å². The molecule has 2 aromatic rings. The van der Waals surface area contributed by atoms with Gasteiger partial charge in [-0.05, 0) is 18.1 Å². The molecule has 1 aromatic carbocycles. The van der Waals surface area contributed by atoms with Crippen LogP contribution in [0, 0.1) is 11.6 Å². The molecule has 0 fully saturated rings. The lowest BCUT2D eigenvalue weighted by atomic mass is 10.1. The molecule has 0 saturated heterocycles. The van der Waals surface area contributed by atoms with Crippen LogP contribution in [0.25, 0.3) is 10.6 Å². The number of hydrogen-bond acceptors (Lipinski definition) is 3. The van der Waals surface area contributed by atoms with Gasteiger partial charge in [0.25, 0.3) is 0 Å². The fourth-order valence-electron chi connectivity index (χ4n) is 1.89. The van der Waals surface area contributed by atoms with Crippen LogP contribution in [0.1, 0.15) is 30.3 Å². The molecule has 0 aliphatic rings. The van der Waals surface area contributed by atoms with Crippen LogP contribution in [0.2, 0.25) is 0 Å². The van der Waals surface area contributed by atoms with Crippen molar-refractivity contribution in [2.24, 2.45) is 0 Å². The largest absolute Gasteiger partial charge is 0.481 e. The number of carboxylic acids is 1. The van der Waals surface area contributed by atoms with Gasteiger partial charge >= 0.3 is 5.97 Å². The van der Waals surface area contributed by atoms with E-state index >= 15 is 0 Å². The highest BCUT2D eigenvalue weighted by molar-refractivity contribution is 7.15.